The number of amides is 1. The third-order valence-corrected chi connectivity index (χ3v) is 4.55. The first kappa shape index (κ1) is 19.2. The number of aromatic nitrogens is 2. The van der Waals surface area contributed by atoms with E-state index in [-0.39, 0.29) is 11.9 Å². The molecule has 0 unspecified atom stereocenters. The molecule has 3 rings (SSSR count). The van der Waals surface area contributed by atoms with Crippen molar-refractivity contribution < 1.29 is 13.9 Å². The highest BCUT2D eigenvalue weighted by Crippen LogP contribution is 2.33. The van der Waals surface area contributed by atoms with Gasteiger partial charge in [-0.3, -0.25) is 10.1 Å². The van der Waals surface area contributed by atoms with Gasteiger partial charge in [-0.1, -0.05) is 30.1 Å². The summed E-state index contributed by atoms with van der Waals surface area (Å²) < 4.78 is 11.0. The number of hydrogen-bond acceptors (Lipinski definition) is 5. The summed E-state index contributed by atoms with van der Waals surface area (Å²) in [5.74, 6) is 2.02. The molecular formula is C19H17Cl2N3O3. The van der Waals surface area contributed by atoms with E-state index in [1.165, 1.54) is 0 Å². The molecule has 0 atom stereocenters. The van der Waals surface area contributed by atoms with Crippen LogP contribution in [0.1, 0.15) is 24.7 Å². The minimum absolute atomic E-state index is 0.142. The molecule has 0 fully saturated rings. The molecule has 140 valence electrons. The molecule has 0 aliphatic carbocycles. The quantitative estimate of drug-likeness (QED) is 0.624. The predicted molar refractivity (Wildman–Crippen MR) is 104 cm³/mol. The molecule has 0 aliphatic heterocycles. The second kappa shape index (κ2) is 8.41. The summed E-state index contributed by atoms with van der Waals surface area (Å²) in [5.41, 5.74) is 1.46. The second-order valence-corrected chi connectivity index (χ2v) is 6.52. The van der Waals surface area contributed by atoms with E-state index < -0.39 is 0 Å². The molecule has 2 heterocycles. The van der Waals surface area contributed by atoms with E-state index in [4.69, 9.17) is 32.4 Å². The number of benzene rings is 1. The van der Waals surface area contributed by atoms with Gasteiger partial charge in [0.1, 0.15) is 17.3 Å². The number of ether oxygens (including phenoxy) is 1. The van der Waals surface area contributed by atoms with Crippen LogP contribution in [0.15, 0.2) is 41.1 Å². The van der Waals surface area contributed by atoms with Gasteiger partial charge < -0.3 is 9.15 Å². The zero-order chi connectivity index (χ0) is 19.4. The molecule has 0 spiro atoms. The summed E-state index contributed by atoms with van der Waals surface area (Å²) in [5, 5.41) is 3.62. The Labute approximate surface area is 166 Å². The number of methoxy groups -OCH3 is 1. The van der Waals surface area contributed by atoms with Gasteiger partial charge >= 0.3 is 0 Å². The smallest absolute Gasteiger partial charge is 0.229 e. The standard InChI is InChI=1S/C19H17Cl2N3O3/c1-3-18(25)24-19-22-9-11(10-23-19)17-5-4-12(27-17)6-14-15(20)7-13(26-2)8-16(14)21/h4-5,7-10H,3,6H2,1-2H3,(H,22,23,24,25). The molecule has 6 nitrogen and oxygen atoms in total. The van der Waals surface area contributed by atoms with Crippen molar-refractivity contribution in [2.75, 3.05) is 12.4 Å². The van der Waals surface area contributed by atoms with Crippen LogP contribution in [0.3, 0.4) is 0 Å². The molecular weight excluding hydrogens is 389 g/mol. The monoisotopic (exact) mass is 405 g/mol. The fourth-order valence-corrected chi connectivity index (χ4v) is 3.00. The molecule has 1 amide bonds. The van der Waals surface area contributed by atoms with Crippen LogP contribution in [0.4, 0.5) is 5.95 Å². The van der Waals surface area contributed by atoms with Crippen LogP contribution in [0.25, 0.3) is 11.3 Å². The van der Waals surface area contributed by atoms with Gasteiger partial charge in [-0.05, 0) is 29.8 Å². The lowest BCUT2D eigenvalue weighted by Gasteiger charge is -2.08. The Kier molecular flexibility index (Phi) is 5.98. The lowest BCUT2D eigenvalue weighted by molar-refractivity contribution is -0.115. The minimum Gasteiger partial charge on any atom is -0.497 e. The van der Waals surface area contributed by atoms with Gasteiger partial charge in [-0.25, -0.2) is 9.97 Å². The minimum atomic E-state index is -0.142. The molecule has 0 saturated heterocycles. The Bertz CT molecular complexity index is 932. The number of carbonyl (C=O) groups excluding carboxylic acids is 1. The molecule has 0 radical (unpaired) electrons. The Morgan fingerprint density at radius 2 is 1.85 bits per heavy atom. The highest BCUT2D eigenvalue weighted by Gasteiger charge is 2.13. The fourth-order valence-electron chi connectivity index (χ4n) is 2.40. The Morgan fingerprint density at radius 1 is 1.19 bits per heavy atom. The number of hydrogen-bond donors (Lipinski definition) is 1. The summed E-state index contributed by atoms with van der Waals surface area (Å²) in [4.78, 5) is 19.6. The van der Waals surface area contributed by atoms with Crippen molar-refractivity contribution in [1.29, 1.82) is 0 Å². The van der Waals surface area contributed by atoms with Gasteiger partial charge in [0.05, 0.1) is 12.7 Å². The average Bonchev–Trinajstić information content (AvgIpc) is 3.13. The maximum absolute atomic E-state index is 11.4. The third-order valence-electron chi connectivity index (χ3n) is 3.87. The number of rotatable bonds is 6. The summed E-state index contributed by atoms with van der Waals surface area (Å²) in [6.07, 6.45) is 3.98. The second-order valence-electron chi connectivity index (χ2n) is 5.71. The van der Waals surface area contributed by atoms with E-state index in [0.29, 0.717) is 45.7 Å². The number of carbonyl (C=O) groups is 1. The zero-order valence-electron chi connectivity index (χ0n) is 14.8. The van der Waals surface area contributed by atoms with Crippen molar-refractivity contribution in [3.05, 3.63) is 58.0 Å². The first-order valence-corrected chi connectivity index (χ1v) is 8.98. The predicted octanol–water partition coefficient (Wildman–Crippen LogP) is 4.99. The Hall–Kier alpha value is -2.57. The number of halogens is 2. The van der Waals surface area contributed by atoms with Gasteiger partial charge in [0.25, 0.3) is 0 Å². The Morgan fingerprint density at radius 3 is 2.44 bits per heavy atom. The molecule has 0 aliphatic rings. The van der Waals surface area contributed by atoms with Crippen LogP contribution in [0.2, 0.25) is 10.0 Å². The highest BCUT2D eigenvalue weighted by atomic mass is 35.5. The van der Waals surface area contributed by atoms with E-state index in [1.54, 1.807) is 38.6 Å². The number of anilines is 1. The molecule has 1 N–H and O–H groups in total. The van der Waals surface area contributed by atoms with E-state index in [9.17, 15) is 4.79 Å². The van der Waals surface area contributed by atoms with E-state index in [2.05, 4.69) is 15.3 Å². The summed E-state index contributed by atoms with van der Waals surface area (Å²) in [6.45, 7) is 1.76. The number of nitrogens with one attached hydrogen (secondary N) is 1. The van der Waals surface area contributed by atoms with Gasteiger partial charge in [0.2, 0.25) is 11.9 Å². The van der Waals surface area contributed by atoms with Crippen molar-refractivity contribution in [2.24, 2.45) is 0 Å². The van der Waals surface area contributed by atoms with Crippen molar-refractivity contribution in [3.63, 3.8) is 0 Å². The largest absolute Gasteiger partial charge is 0.497 e. The van der Waals surface area contributed by atoms with Crippen LogP contribution in [0, 0.1) is 0 Å². The molecule has 0 saturated carbocycles. The van der Waals surface area contributed by atoms with Crippen LogP contribution in [-0.4, -0.2) is 23.0 Å². The van der Waals surface area contributed by atoms with Crippen LogP contribution in [-0.2, 0) is 11.2 Å². The van der Waals surface area contributed by atoms with Crippen LogP contribution in [0.5, 0.6) is 5.75 Å². The summed E-state index contributed by atoms with van der Waals surface area (Å²) in [7, 11) is 1.56. The van der Waals surface area contributed by atoms with Crippen molar-refractivity contribution in [2.45, 2.75) is 19.8 Å². The third kappa shape index (κ3) is 4.59. The van der Waals surface area contributed by atoms with E-state index in [1.807, 2.05) is 12.1 Å². The van der Waals surface area contributed by atoms with Crippen molar-refractivity contribution in [3.8, 4) is 17.1 Å². The lowest BCUT2D eigenvalue weighted by Crippen LogP contribution is -2.11. The average molecular weight is 406 g/mol. The molecule has 1 aromatic carbocycles. The van der Waals surface area contributed by atoms with Crippen LogP contribution >= 0.6 is 23.2 Å². The van der Waals surface area contributed by atoms with E-state index >= 15 is 0 Å². The number of furan rings is 1. The molecule has 2 aromatic heterocycles. The first-order chi connectivity index (χ1) is 13.0. The maximum atomic E-state index is 11.4. The lowest BCUT2D eigenvalue weighted by atomic mass is 10.1. The summed E-state index contributed by atoms with van der Waals surface area (Å²) in [6, 6.07) is 7.09. The maximum Gasteiger partial charge on any atom is 0.229 e. The SMILES string of the molecule is CCC(=O)Nc1ncc(-c2ccc(Cc3c(Cl)cc(OC)cc3Cl)o2)cn1. The normalized spacial score (nSPS) is 10.7. The molecule has 8 heteroatoms. The van der Waals surface area contributed by atoms with Crippen molar-refractivity contribution >= 4 is 35.1 Å². The Balaban J connectivity index is 1.76. The summed E-state index contributed by atoms with van der Waals surface area (Å²) >= 11 is 12.6. The molecule has 0 bridgehead atoms. The van der Waals surface area contributed by atoms with Gasteiger partial charge in [0.15, 0.2) is 0 Å². The fraction of sp³-hybridized carbons (Fsp3) is 0.211. The molecule has 27 heavy (non-hydrogen) atoms. The number of nitrogens with zero attached hydrogens (tertiary/aromatic N) is 2. The highest BCUT2D eigenvalue weighted by molar-refractivity contribution is 6.36. The van der Waals surface area contributed by atoms with Crippen molar-refractivity contribution in [1.82, 2.24) is 9.97 Å². The van der Waals surface area contributed by atoms with Gasteiger partial charge in [-0.15, -0.1) is 0 Å². The topological polar surface area (TPSA) is 77.2 Å². The van der Waals surface area contributed by atoms with Crippen LogP contribution < -0.4 is 10.1 Å². The zero-order valence-corrected chi connectivity index (χ0v) is 16.3. The van der Waals surface area contributed by atoms with E-state index in [0.717, 1.165) is 5.56 Å². The molecule has 3 aromatic rings. The van der Waals surface area contributed by atoms with Gasteiger partial charge in [0, 0.05) is 35.3 Å². The first-order valence-electron chi connectivity index (χ1n) is 8.23. The van der Waals surface area contributed by atoms with Gasteiger partial charge in [-0.2, -0.15) is 0 Å².